The molecule has 1 rings (SSSR count). The van der Waals surface area contributed by atoms with E-state index in [1.54, 1.807) is 0 Å². The van der Waals surface area contributed by atoms with Crippen LogP contribution >= 0.6 is 0 Å². The molecule has 6 heavy (non-hydrogen) atoms. The van der Waals surface area contributed by atoms with Gasteiger partial charge in [0.25, 0.3) is 0 Å². The van der Waals surface area contributed by atoms with Crippen molar-refractivity contribution in [3.8, 4) is 0 Å². The normalized spacial score (nSPS) is 20.7. The molecule has 0 saturated heterocycles. The summed E-state index contributed by atoms with van der Waals surface area (Å²) < 4.78 is 0. The van der Waals surface area contributed by atoms with Gasteiger partial charge in [0.1, 0.15) is 0 Å². The Morgan fingerprint density at radius 2 is 2.17 bits per heavy atom. The number of hydrogen-bond acceptors (Lipinski definition) is 1. The third kappa shape index (κ3) is 0.534. The second-order valence-corrected chi connectivity index (χ2v) is 1.77. The van der Waals surface area contributed by atoms with E-state index < -0.39 is 0 Å². The van der Waals surface area contributed by atoms with Gasteiger partial charge in [-0.2, -0.15) is 0 Å². The van der Waals surface area contributed by atoms with Gasteiger partial charge in [-0.05, 0) is 12.8 Å². The predicted molar refractivity (Wildman–Crippen MR) is 24.5 cm³/mol. The Morgan fingerprint density at radius 1 is 1.67 bits per heavy atom. The van der Waals surface area contributed by atoms with Crippen LogP contribution in [0.3, 0.4) is 0 Å². The van der Waals surface area contributed by atoms with Gasteiger partial charge >= 0.3 is 0 Å². The van der Waals surface area contributed by atoms with E-state index >= 15 is 0 Å². The molecule has 0 atom stereocenters. The van der Waals surface area contributed by atoms with Crippen molar-refractivity contribution in [1.82, 2.24) is 0 Å². The molecule has 0 aromatic rings. The van der Waals surface area contributed by atoms with E-state index in [4.69, 9.17) is 5.11 Å². The van der Waals surface area contributed by atoms with Crippen LogP contribution in [0.5, 0.6) is 0 Å². The van der Waals surface area contributed by atoms with Gasteiger partial charge in [-0.3, -0.25) is 0 Å². The van der Waals surface area contributed by atoms with Crippen LogP contribution in [0.15, 0.2) is 12.3 Å². The van der Waals surface area contributed by atoms with E-state index in [9.17, 15) is 0 Å². The van der Waals surface area contributed by atoms with Crippen molar-refractivity contribution in [1.29, 1.82) is 0 Å². The number of hydrogen-bond donors (Lipinski definition) is 1. The lowest BCUT2D eigenvalue weighted by molar-refractivity contribution is 0.382. The van der Waals surface area contributed by atoms with E-state index in [1.165, 1.54) is 0 Å². The maximum Gasteiger partial charge on any atom is 0.0881 e. The SMILES string of the molecule is C=C(O)C1CC1. The zero-order chi connectivity index (χ0) is 4.57. The molecule has 1 N–H and O–H groups in total. The number of aliphatic hydroxyl groups excluding tert-OH is 1. The molecule has 1 heteroatoms. The second kappa shape index (κ2) is 1.00. The zero-order valence-electron chi connectivity index (χ0n) is 3.65. The molecule has 0 radical (unpaired) electrons. The summed E-state index contributed by atoms with van der Waals surface area (Å²) in [5, 5.41) is 8.50. The van der Waals surface area contributed by atoms with E-state index in [0.717, 1.165) is 12.8 Å². The number of rotatable bonds is 1. The van der Waals surface area contributed by atoms with Gasteiger partial charge in [0, 0.05) is 5.92 Å². The van der Waals surface area contributed by atoms with Gasteiger partial charge in [-0.1, -0.05) is 6.58 Å². The Bertz CT molecular complexity index is 72.0. The monoisotopic (exact) mass is 84.1 g/mol. The average molecular weight is 84.1 g/mol. The lowest BCUT2D eigenvalue weighted by Gasteiger charge is -1.83. The molecule has 0 amide bonds. The summed E-state index contributed by atoms with van der Waals surface area (Å²) in [6, 6.07) is 0. The fourth-order valence-electron chi connectivity index (χ4n) is 0.417. The number of aliphatic hydroxyl groups is 1. The number of allylic oxidation sites excluding steroid dienone is 1. The van der Waals surface area contributed by atoms with Crippen molar-refractivity contribution < 1.29 is 5.11 Å². The van der Waals surface area contributed by atoms with E-state index in [0.29, 0.717) is 11.7 Å². The Hall–Kier alpha value is -0.460. The summed E-state index contributed by atoms with van der Waals surface area (Å²) in [6.07, 6.45) is 2.30. The third-order valence-corrected chi connectivity index (χ3v) is 1.05. The van der Waals surface area contributed by atoms with Crippen molar-refractivity contribution in [2.24, 2.45) is 5.92 Å². The molecule has 0 aliphatic heterocycles. The van der Waals surface area contributed by atoms with Crippen molar-refractivity contribution in [3.05, 3.63) is 12.3 Å². The van der Waals surface area contributed by atoms with Crippen molar-refractivity contribution in [3.63, 3.8) is 0 Å². The average Bonchev–Trinajstić information content (AvgIpc) is 2.06. The molecule has 0 unspecified atom stereocenters. The van der Waals surface area contributed by atoms with Crippen molar-refractivity contribution in [2.45, 2.75) is 12.8 Å². The van der Waals surface area contributed by atoms with Gasteiger partial charge in [0.2, 0.25) is 0 Å². The van der Waals surface area contributed by atoms with Gasteiger partial charge in [0.05, 0.1) is 5.76 Å². The molecule has 0 spiro atoms. The molecule has 1 aliphatic rings. The minimum absolute atomic E-state index is 0.370. The molecule has 34 valence electrons. The third-order valence-electron chi connectivity index (χ3n) is 1.05. The smallest absolute Gasteiger partial charge is 0.0881 e. The lowest BCUT2D eigenvalue weighted by atomic mass is 10.4. The maximum absolute atomic E-state index is 8.50. The Morgan fingerprint density at radius 3 is 2.17 bits per heavy atom. The van der Waals surface area contributed by atoms with Crippen LogP contribution in [-0.2, 0) is 0 Å². The second-order valence-electron chi connectivity index (χ2n) is 1.77. The Balaban J connectivity index is 2.31. The summed E-state index contributed by atoms with van der Waals surface area (Å²) >= 11 is 0. The fourth-order valence-corrected chi connectivity index (χ4v) is 0.417. The van der Waals surface area contributed by atoms with Crippen LogP contribution in [0.25, 0.3) is 0 Å². The summed E-state index contributed by atoms with van der Waals surface area (Å²) in [7, 11) is 0. The van der Waals surface area contributed by atoms with E-state index in [-0.39, 0.29) is 0 Å². The first-order chi connectivity index (χ1) is 2.80. The van der Waals surface area contributed by atoms with E-state index in [1.807, 2.05) is 0 Å². The first-order valence-electron chi connectivity index (χ1n) is 2.18. The minimum atomic E-state index is 0.370. The molecule has 0 heterocycles. The van der Waals surface area contributed by atoms with Crippen LogP contribution in [-0.4, -0.2) is 5.11 Å². The van der Waals surface area contributed by atoms with Crippen LogP contribution in [0.1, 0.15) is 12.8 Å². The topological polar surface area (TPSA) is 20.2 Å². The van der Waals surface area contributed by atoms with Crippen LogP contribution in [0, 0.1) is 5.92 Å². The predicted octanol–water partition coefficient (Wildman–Crippen LogP) is 1.47. The minimum Gasteiger partial charge on any atom is -0.513 e. The van der Waals surface area contributed by atoms with Gasteiger partial charge in [0.15, 0.2) is 0 Å². The summed E-state index contributed by atoms with van der Waals surface area (Å²) in [5.74, 6) is 0.833. The maximum atomic E-state index is 8.50. The highest BCUT2D eigenvalue weighted by Crippen LogP contribution is 2.33. The summed E-state index contributed by atoms with van der Waals surface area (Å²) in [5.41, 5.74) is 0. The molecule has 0 aromatic carbocycles. The van der Waals surface area contributed by atoms with Gasteiger partial charge in [-0.25, -0.2) is 0 Å². The van der Waals surface area contributed by atoms with Crippen LogP contribution in [0.2, 0.25) is 0 Å². The van der Waals surface area contributed by atoms with Gasteiger partial charge in [-0.15, -0.1) is 0 Å². The van der Waals surface area contributed by atoms with E-state index in [2.05, 4.69) is 6.58 Å². The van der Waals surface area contributed by atoms with Crippen LogP contribution in [0.4, 0.5) is 0 Å². The van der Waals surface area contributed by atoms with Crippen molar-refractivity contribution >= 4 is 0 Å². The molecule has 0 aromatic heterocycles. The molecular weight excluding hydrogens is 76.1 g/mol. The van der Waals surface area contributed by atoms with Gasteiger partial charge < -0.3 is 5.11 Å². The zero-order valence-corrected chi connectivity index (χ0v) is 3.65. The van der Waals surface area contributed by atoms with Crippen molar-refractivity contribution in [2.75, 3.05) is 0 Å². The standard InChI is InChI=1S/C5H8O/c1-4(6)5-2-3-5/h5-6H,1-3H2. The highest BCUT2D eigenvalue weighted by molar-refractivity contribution is 4.96. The quantitative estimate of drug-likeness (QED) is 0.477. The Labute approximate surface area is 37.3 Å². The highest BCUT2D eigenvalue weighted by Gasteiger charge is 2.23. The molecule has 0 bridgehead atoms. The summed E-state index contributed by atoms with van der Waals surface area (Å²) in [6.45, 7) is 3.37. The summed E-state index contributed by atoms with van der Waals surface area (Å²) in [4.78, 5) is 0. The Kier molecular flexibility index (Phi) is 0.621. The molecule has 1 nitrogen and oxygen atoms in total. The first-order valence-corrected chi connectivity index (χ1v) is 2.18. The molecule has 1 aliphatic carbocycles. The largest absolute Gasteiger partial charge is 0.513 e. The highest BCUT2D eigenvalue weighted by atomic mass is 16.3. The first kappa shape index (κ1) is 3.72. The fraction of sp³-hybridized carbons (Fsp3) is 0.600. The lowest BCUT2D eigenvalue weighted by Crippen LogP contribution is -1.74. The van der Waals surface area contributed by atoms with Crippen LogP contribution < -0.4 is 0 Å². The molecule has 1 saturated carbocycles. The molecule has 1 fully saturated rings. The molecular formula is C5H8O.